The van der Waals surface area contributed by atoms with Crippen LogP contribution in [0.1, 0.15) is 22.2 Å². The van der Waals surface area contributed by atoms with Crippen molar-refractivity contribution in [3.63, 3.8) is 0 Å². The Morgan fingerprint density at radius 1 is 1.40 bits per heavy atom. The monoisotopic (exact) mass is 353 g/mol. The molecule has 0 aliphatic heterocycles. The zero-order valence-electron chi connectivity index (χ0n) is 11.1. The van der Waals surface area contributed by atoms with Gasteiger partial charge >= 0.3 is 0 Å². The Labute approximate surface area is 130 Å². The normalized spacial score (nSPS) is 10.3. The molecule has 0 bridgehead atoms. The van der Waals surface area contributed by atoms with Crippen LogP contribution in [0.2, 0.25) is 0 Å². The second-order valence-corrected chi connectivity index (χ2v) is 6.11. The third kappa shape index (κ3) is 3.52. The molecular weight excluding hydrogens is 338 g/mol. The van der Waals surface area contributed by atoms with E-state index in [0.29, 0.717) is 23.7 Å². The molecule has 0 saturated carbocycles. The van der Waals surface area contributed by atoms with Crippen LogP contribution in [0.3, 0.4) is 0 Å². The molecule has 20 heavy (non-hydrogen) atoms. The molecule has 106 valence electrons. The van der Waals surface area contributed by atoms with Gasteiger partial charge < -0.3 is 16.4 Å². The molecule has 6 heteroatoms. The van der Waals surface area contributed by atoms with E-state index in [2.05, 4.69) is 26.6 Å². The van der Waals surface area contributed by atoms with Gasteiger partial charge in [0.1, 0.15) is 4.88 Å². The van der Waals surface area contributed by atoms with E-state index in [0.717, 1.165) is 15.0 Å². The van der Waals surface area contributed by atoms with Gasteiger partial charge in [-0.15, -0.1) is 11.3 Å². The summed E-state index contributed by atoms with van der Waals surface area (Å²) in [7, 11) is 0. The summed E-state index contributed by atoms with van der Waals surface area (Å²) in [5.74, 6) is -0.121. The van der Waals surface area contributed by atoms with E-state index in [1.54, 1.807) is 6.07 Å². The van der Waals surface area contributed by atoms with E-state index in [1.165, 1.54) is 11.3 Å². The third-order valence-corrected chi connectivity index (χ3v) is 4.60. The van der Waals surface area contributed by atoms with Crippen LogP contribution < -0.4 is 16.4 Å². The van der Waals surface area contributed by atoms with Gasteiger partial charge in [-0.05, 0) is 24.6 Å². The first-order valence-electron chi connectivity index (χ1n) is 6.26. The number of carbonyl (C=O) groups is 1. The molecule has 0 unspecified atom stereocenters. The summed E-state index contributed by atoms with van der Waals surface area (Å²) < 4.78 is 1.06. The lowest BCUT2D eigenvalue weighted by Crippen LogP contribution is -2.22. The van der Waals surface area contributed by atoms with Crippen LogP contribution in [0.5, 0.6) is 0 Å². The fourth-order valence-electron chi connectivity index (χ4n) is 1.73. The predicted octanol–water partition coefficient (Wildman–Crippen LogP) is 3.45. The number of rotatable bonds is 5. The molecule has 4 N–H and O–H groups in total. The minimum atomic E-state index is -0.121. The molecule has 0 saturated heterocycles. The maximum atomic E-state index is 11.8. The van der Waals surface area contributed by atoms with E-state index in [-0.39, 0.29) is 5.91 Å². The number of thiophene rings is 1. The molecule has 0 radical (unpaired) electrons. The predicted molar refractivity (Wildman–Crippen MR) is 88.2 cm³/mol. The first-order valence-corrected chi connectivity index (χ1v) is 7.87. The number of nitrogens with one attached hydrogen (secondary N) is 2. The highest BCUT2D eigenvalue weighted by atomic mass is 79.9. The number of nitrogen functional groups attached to an aromatic ring is 1. The van der Waals surface area contributed by atoms with E-state index in [1.807, 2.05) is 31.2 Å². The number of anilines is 2. The number of benzene rings is 1. The molecule has 1 heterocycles. The lowest BCUT2D eigenvalue weighted by atomic mass is 10.2. The summed E-state index contributed by atoms with van der Waals surface area (Å²) in [6.45, 7) is 3.15. The Kier molecular flexibility index (Phi) is 5.03. The molecule has 1 aromatic carbocycles. The number of hydrogen-bond acceptors (Lipinski definition) is 4. The largest absolute Gasteiger partial charge is 0.397 e. The molecule has 0 fully saturated rings. The average Bonchev–Trinajstić information content (AvgIpc) is 2.79. The highest BCUT2D eigenvalue weighted by molar-refractivity contribution is 9.10. The fraction of sp³-hybridized carbons (Fsp3) is 0.214. The average molecular weight is 354 g/mol. The van der Waals surface area contributed by atoms with Crippen LogP contribution >= 0.6 is 27.3 Å². The summed E-state index contributed by atoms with van der Waals surface area (Å²) in [6, 6.07) is 9.80. The van der Waals surface area contributed by atoms with Gasteiger partial charge in [0.05, 0.1) is 10.7 Å². The zero-order chi connectivity index (χ0) is 14.5. The van der Waals surface area contributed by atoms with E-state index >= 15 is 0 Å². The smallest absolute Gasteiger partial charge is 0.263 e. The van der Waals surface area contributed by atoms with Crippen LogP contribution in [-0.2, 0) is 6.54 Å². The van der Waals surface area contributed by atoms with Crippen LogP contribution in [0.4, 0.5) is 10.7 Å². The summed E-state index contributed by atoms with van der Waals surface area (Å²) in [5.41, 5.74) is 7.53. The molecule has 1 aromatic heterocycles. The van der Waals surface area contributed by atoms with Gasteiger partial charge in [-0.2, -0.15) is 0 Å². The molecule has 4 nitrogen and oxygen atoms in total. The van der Waals surface area contributed by atoms with Gasteiger partial charge in [0.25, 0.3) is 5.91 Å². The Hall–Kier alpha value is -1.53. The van der Waals surface area contributed by atoms with Crippen LogP contribution in [0, 0.1) is 0 Å². The van der Waals surface area contributed by atoms with Crippen molar-refractivity contribution in [1.29, 1.82) is 0 Å². The van der Waals surface area contributed by atoms with Gasteiger partial charge in [-0.1, -0.05) is 34.1 Å². The summed E-state index contributed by atoms with van der Waals surface area (Å²) >= 11 is 4.88. The fourth-order valence-corrected chi connectivity index (χ4v) is 3.05. The summed E-state index contributed by atoms with van der Waals surface area (Å²) in [5, 5.41) is 6.93. The van der Waals surface area contributed by atoms with Crippen molar-refractivity contribution in [3.05, 3.63) is 45.2 Å². The third-order valence-electron chi connectivity index (χ3n) is 2.72. The van der Waals surface area contributed by atoms with Gasteiger partial charge in [0.15, 0.2) is 0 Å². The highest BCUT2D eigenvalue weighted by Gasteiger charge is 2.13. The highest BCUT2D eigenvalue weighted by Crippen LogP contribution is 2.30. The number of hydrogen-bond donors (Lipinski definition) is 3. The number of nitrogens with two attached hydrogens (primary N) is 1. The molecule has 2 rings (SSSR count). The van der Waals surface area contributed by atoms with Crippen LogP contribution in [0.25, 0.3) is 0 Å². The molecule has 0 atom stereocenters. The van der Waals surface area contributed by atoms with Crippen LogP contribution in [0.15, 0.2) is 34.8 Å². The van der Waals surface area contributed by atoms with E-state index < -0.39 is 0 Å². The van der Waals surface area contributed by atoms with Crippen molar-refractivity contribution >= 4 is 43.9 Å². The standard InChI is InChI=1S/C14H16BrN3OS/c1-2-17-14(19)13-11(16)7-12(20-13)18-8-9-5-3-4-6-10(9)15/h3-7,18H,2,8,16H2,1H3,(H,17,19). The van der Waals surface area contributed by atoms with E-state index in [9.17, 15) is 4.79 Å². The topological polar surface area (TPSA) is 67.2 Å². The second-order valence-electron chi connectivity index (χ2n) is 4.20. The van der Waals surface area contributed by atoms with Crippen molar-refractivity contribution in [3.8, 4) is 0 Å². The maximum Gasteiger partial charge on any atom is 0.263 e. The Balaban J connectivity index is 2.06. The van der Waals surface area contributed by atoms with Crippen LogP contribution in [-0.4, -0.2) is 12.5 Å². The quantitative estimate of drug-likeness (QED) is 0.770. The Morgan fingerprint density at radius 3 is 2.85 bits per heavy atom. The lowest BCUT2D eigenvalue weighted by Gasteiger charge is -2.05. The molecular formula is C14H16BrN3OS. The lowest BCUT2D eigenvalue weighted by molar-refractivity contribution is 0.0960. The Bertz CT molecular complexity index is 612. The Morgan fingerprint density at radius 2 is 2.15 bits per heavy atom. The van der Waals surface area contributed by atoms with Crippen molar-refractivity contribution in [2.24, 2.45) is 0 Å². The van der Waals surface area contributed by atoms with Gasteiger partial charge in [0, 0.05) is 17.6 Å². The summed E-state index contributed by atoms with van der Waals surface area (Å²) in [6.07, 6.45) is 0. The number of amides is 1. The zero-order valence-corrected chi connectivity index (χ0v) is 13.5. The molecule has 1 amide bonds. The summed E-state index contributed by atoms with van der Waals surface area (Å²) in [4.78, 5) is 12.3. The maximum absolute atomic E-state index is 11.8. The van der Waals surface area contributed by atoms with Crippen molar-refractivity contribution < 1.29 is 4.79 Å². The van der Waals surface area contributed by atoms with Crippen molar-refractivity contribution in [1.82, 2.24) is 5.32 Å². The minimum Gasteiger partial charge on any atom is -0.397 e. The van der Waals surface area contributed by atoms with Crippen molar-refractivity contribution in [2.45, 2.75) is 13.5 Å². The first-order chi connectivity index (χ1) is 9.61. The van der Waals surface area contributed by atoms with Gasteiger partial charge in [-0.3, -0.25) is 4.79 Å². The SMILES string of the molecule is CCNC(=O)c1sc(NCc2ccccc2Br)cc1N. The van der Waals surface area contributed by atoms with Gasteiger partial charge in [-0.25, -0.2) is 0 Å². The minimum absolute atomic E-state index is 0.121. The molecule has 0 aliphatic carbocycles. The van der Waals surface area contributed by atoms with Crippen molar-refractivity contribution in [2.75, 3.05) is 17.6 Å². The molecule has 0 aliphatic rings. The molecule has 2 aromatic rings. The second kappa shape index (κ2) is 6.76. The van der Waals surface area contributed by atoms with E-state index in [4.69, 9.17) is 5.73 Å². The first kappa shape index (κ1) is 14.9. The molecule has 0 spiro atoms. The number of carbonyl (C=O) groups excluding carboxylic acids is 1. The number of halogens is 1. The van der Waals surface area contributed by atoms with Gasteiger partial charge in [0.2, 0.25) is 0 Å².